The Bertz CT molecular complexity index is 642. The van der Waals surface area contributed by atoms with E-state index in [1.807, 2.05) is 0 Å². The molecule has 6 nitrogen and oxygen atoms in total. The van der Waals surface area contributed by atoms with E-state index >= 15 is 0 Å². The van der Waals surface area contributed by atoms with Gasteiger partial charge in [0, 0.05) is 23.3 Å². The van der Waals surface area contributed by atoms with Crippen LogP contribution in [0, 0.1) is 10.1 Å². The molecule has 2 aromatic carbocycles. The third-order valence-electron chi connectivity index (χ3n) is 3.00. The highest BCUT2D eigenvalue weighted by Gasteiger charge is 2.12. The average Bonchev–Trinajstić information content (AvgIpc) is 2.52. The maximum Gasteiger partial charge on any atom is 0.270 e. The molecular weight excluding hydrogens is 274 g/mol. The van der Waals surface area contributed by atoms with Crippen molar-refractivity contribution in [3.8, 4) is 11.5 Å². The van der Waals surface area contributed by atoms with Gasteiger partial charge in [0.2, 0.25) is 0 Å². The second kappa shape index (κ2) is 6.71. The molecule has 6 heteroatoms. The molecule has 0 amide bonds. The fourth-order valence-electron chi connectivity index (χ4n) is 1.92. The summed E-state index contributed by atoms with van der Waals surface area (Å²) in [7, 11) is 1.49. The second-order valence-corrected chi connectivity index (χ2v) is 4.31. The SMILES string of the molecule is COc1ccc([N+](=O)[O-])cc1COc1ccccc1CO. The summed E-state index contributed by atoms with van der Waals surface area (Å²) in [5.41, 5.74) is 1.20. The van der Waals surface area contributed by atoms with E-state index in [1.54, 1.807) is 24.3 Å². The van der Waals surface area contributed by atoms with E-state index in [-0.39, 0.29) is 18.9 Å². The number of aliphatic hydroxyl groups excluding tert-OH is 1. The van der Waals surface area contributed by atoms with Crippen molar-refractivity contribution >= 4 is 5.69 Å². The summed E-state index contributed by atoms with van der Waals surface area (Å²) < 4.78 is 10.8. The zero-order valence-electron chi connectivity index (χ0n) is 11.5. The summed E-state index contributed by atoms with van der Waals surface area (Å²) in [5.74, 6) is 1.05. The van der Waals surface area contributed by atoms with Gasteiger partial charge in [-0.15, -0.1) is 0 Å². The lowest BCUT2D eigenvalue weighted by molar-refractivity contribution is -0.385. The number of benzene rings is 2. The molecule has 0 fully saturated rings. The van der Waals surface area contributed by atoms with Crippen molar-refractivity contribution < 1.29 is 19.5 Å². The van der Waals surface area contributed by atoms with E-state index in [2.05, 4.69) is 0 Å². The van der Waals surface area contributed by atoms with Gasteiger partial charge in [-0.1, -0.05) is 18.2 Å². The molecule has 0 saturated carbocycles. The molecule has 1 N–H and O–H groups in total. The number of non-ortho nitro benzene ring substituents is 1. The van der Waals surface area contributed by atoms with Crippen LogP contribution < -0.4 is 9.47 Å². The maximum absolute atomic E-state index is 10.8. The van der Waals surface area contributed by atoms with E-state index in [0.29, 0.717) is 22.6 Å². The Balaban J connectivity index is 2.22. The van der Waals surface area contributed by atoms with Gasteiger partial charge >= 0.3 is 0 Å². The van der Waals surface area contributed by atoms with Crippen molar-refractivity contribution in [1.82, 2.24) is 0 Å². The molecule has 110 valence electrons. The Hall–Kier alpha value is -2.60. The predicted octanol–water partition coefficient (Wildman–Crippen LogP) is 2.67. The molecule has 0 aliphatic carbocycles. The van der Waals surface area contributed by atoms with Crippen molar-refractivity contribution in [3.63, 3.8) is 0 Å². The van der Waals surface area contributed by atoms with Crippen LogP contribution in [-0.2, 0) is 13.2 Å². The molecule has 0 heterocycles. The number of hydrogen-bond acceptors (Lipinski definition) is 5. The van der Waals surface area contributed by atoms with Crippen LogP contribution in [0.15, 0.2) is 42.5 Å². The van der Waals surface area contributed by atoms with E-state index in [4.69, 9.17) is 9.47 Å². The quantitative estimate of drug-likeness (QED) is 0.653. The summed E-state index contributed by atoms with van der Waals surface area (Å²) in [5, 5.41) is 20.1. The number of rotatable bonds is 6. The molecule has 0 radical (unpaired) electrons. The summed E-state index contributed by atoms with van der Waals surface area (Å²) in [6, 6.07) is 11.4. The number of ether oxygens (including phenoxy) is 2. The highest BCUT2D eigenvalue weighted by atomic mass is 16.6. The van der Waals surface area contributed by atoms with Crippen molar-refractivity contribution in [2.45, 2.75) is 13.2 Å². The second-order valence-electron chi connectivity index (χ2n) is 4.31. The van der Waals surface area contributed by atoms with Crippen LogP contribution in [-0.4, -0.2) is 17.1 Å². The first-order valence-electron chi connectivity index (χ1n) is 6.28. The number of nitro groups is 1. The Morgan fingerprint density at radius 2 is 1.90 bits per heavy atom. The van der Waals surface area contributed by atoms with Gasteiger partial charge in [0.25, 0.3) is 5.69 Å². The number of hydrogen-bond donors (Lipinski definition) is 1. The molecule has 0 saturated heterocycles. The van der Waals surface area contributed by atoms with Gasteiger partial charge in [-0.05, 0) is 12.1 Å². The highest BCUT2D eigenvalue weighted by Crippen LogP contribution is 2.26. The number of nitro benzene ring substituents is 1. The van der Waals surface area contributed by atoms with Crippen LogP contribution in [0.4, 0.5) is 5.69 Å². The van der Waals surface area contributed by atoms with Gasteiger partial charge in [-0.2, -0.15) is 0 Å². The zero-order valence-corrected chi connectivity index (χ0v) is 11.5. The van der Waals surface area contributed by atoms with Gasteiger partial charge in [0.05, 0.1) is 18.6 Å². The molecule has 21 heavy (non-hydrogen) atoms. The summed E-state index contributed by atoms with van der Waals surface area (Å²) in [4.78, 5) is 10.4. The monoisotopic (exact) mass is 289 g/mol. The lowest BCUT2D eigenvalue weighted by atomic mass is 10.2. The van der Waals surface area contributed by atoms with Crippen LogP contribution in [0.25, 0.3) is 0 Å². The van der Waals surface area contributed by atoms with Crippen molar-refractivity contribution in [2.75, 3.05) is 7.11 Å². The normalized spacial score (nSPS) is 10.2. The summed E-state index contributed by atoms with van der Waals surface area (Å²) in [6.45, 7) is -0.0237. The first kappa shape index (κ1) is 14.8. The largest absolute Gasteiger partial charge is 0.496 e. The van der Waals surface area contributed by atoms with Crippen LogP contribution in [0.2, 0.25) is 0 Å². The zero-order chi connectivity index (χ0) is 15.2. The smallest absolute Gasteiger partial charge is 0.270 e. The fourth-order valence-corrected chi connectivity index (χ4v) is 1.92. The minimum atomic E-state index is -0.468. The van der Waals surface area contributed by atoms with Crippen LogP contribution in [0.1, 0.15) is 11.1 Å². The Labute approximate surface area is 121 Å². The van der Waals surface area contributed by atoms with Crippen molar-refractivity contribution in [3.05, 3.63) is 63.7 Å². The third-order valence-corrected chi connectivity index (χ3v) is 3.00. The Morgan fingerprint density at radius 3 is 2.57 bits per heavy atom. The molecule has 0 atom stereocenters. The van der Waals surface area contributed by atoms with Crippen molar-refractivity contribution in [1.29, 1.82) is 0 Å². The van der Waals surface area contributed by atoms with Crippen LogP contribution >= 0.6 is 0 Å². The minimum Gasteiger partial charge on any atom is -0.496 e. The summed E-state index contributed by atoms with van der Waals surface area (Å²) in [6.07, 6.45) is 0. The lowest BCUT2D eigenvalue weighted by Crippen LogP contribution is -2.02. The maximum atomic E-state index is 10.8. The molecule has 0 aliphatic heterocycles. The third kappa shape index (κ3) is 3.49. The van der Waals surface area contributed by atoms with E-state index < -0.39 is 4.92 Å². The van der Waals surface area contributed by atoms with E-state index in [0.717, 1.165) is 0 Å². The Morgan fingerprint density at radius 1 is 1.14 bits per heavy atom. The Kier molecular flexibility index (Phi) is 4.73. The fraction of sp³-hybridized carbons (Fsp3) is 0.200. The number of para-hydroxylation sites is 1. The minimum absolute atomic E-state index is 0.0233. The molecule has 2 rings (SSSR count). The molecule has 0 aliphatic rings. The van der Waals surface area contributed by atoms with Crippen molar-refractivity contribution in [2.24, 2.45) is 0 Å². The first-order valence-corrected chi connectivity index (χ1v) is 6.28. The molecule has 0 spiro atoms. The van der Waals surface area contributed by atoms with Crippen LogP contribution in [0.5, 0.6) is 11.5 Å². The highest BCUT2D eigenvalue weighted by molar-refractivity contribution is 5.44. The predicted molar refractivity (Wildman–Crippen MR) is 76.3 cm³/mol. The van der Waals surface area contributed by atoms with Gasteiger partial charge in [-0.25, -0.2) is 0 Å². The van der Waals surface area contributed by atoms with Gasteiger partial charge in [-0.3, -0.25) is 10.1 Å². The molecule has 0 unspecified atom stereocenters. The summed E-state index contributed by atoms with van der Waals surface area (Å²) >= 11 is 0. The standard InChI is InChI=1S/C15H15NO5/c1-20-14-7-6-13(16(18)19)8-12(14)10-21-15-5-3-2-4-11(15)9-17/h2-8,17H,9-10H2,1H3. The van der Waals surface area contributed by atoms with Gasteiger partial charge < -0.3 is 14.6 Å². The number of methoxy groups -OCH3 is 1. The topological polar surface area (TPSA) is 81.8 Å². The van der Waals surface area contributed by atoms with Crippen LogP contribution in [0.3, 0.4) is 0 Å². The van der Waals surface area contributed by atoms with Gasteiger partial charge in [0.15, 0.2) is 0 Å². The number of nitrogens with zero attached hydrogens (tertiary/aromatic N) is 1. The van der Waals surface area contributed by atoms with E-state index in [9.17, 15) is 15.2 Å². The number of aliphatic hydroxyl groups is 1. The average molecular weight is 289 g/mol. The van der Waals surface area contributed by atoms with Gasteiger partial charge in [0.1, 0.15) is 18.1 Å². The molecule has 2 aromatic rings. The molecule has 0 bridgehead atoms. The first-order chi connectivity index (χ1) is 10.2. The van der Waals surface area contributed by atoms with E-state index in [1.165, 1.54) is 25.3 Å². The molecular formula is C15H15NO5. The molecule has 0 aromatic heterocycles. The lowest BCUT2D eigenvalue weighted by Gasteiger charge is -2.12.